The summed E-state index contributed by atoms with van der Waals surface area (Å²) in [6.07, 6.45) is -1.55. The third kappa shape index (κ3) is 2.89. The third-order valence-corrected chi connectivity index (χ3v) is 3.86. The zero-order chi connectivity index (χ0) is 17.4. The largest absolute Gasteiger partial charge is 0.394 e. The van der Waals surface area contributed by atoms with Crippen LogP contribution in [0.15, 0.2) is 22.0 Å². The van der Waals surface area contributed by atoms with Gasteiger partial charge in [0.25, 0.3) is 5.56 Å². The number of aliphatic hydroxyl groups excluding tert-OH is 3. The minimum absolute atomic E-state index is 0.0608. The van der Waals surface area contributed by atoms with Gasteiger partial charge in [0.15, 0.2) is 6.23 Å². The van der Waals surface area contributed by atoms with Gasteiger partial charge >= 0.3 is 5.69 Å². The first-order chi connectivity index (χ1) is 11.4. The van der Waals surface area contributed by atoms with Crippen LogP contribution < -0.4 is 11.2 Å². The van der Waals surface area contributed by atoms with Crippen LogP contribution in [0.2, 0.25) is 0 Å². The van der Waals surface area contributed by atoms with Crippen molar-refractivity contribution in [2.75, 3.05) is 6.61 Å². The van der Waals surface area contributed by atoms with E-state index < -0.39 is 42.4 Å². The first-order valence-electron chi connectivity index (χ1n) is 7.24. The van der Waals surface area contributed by atoms with Gasteiger partial charge in [0.2, 0.25) is 0 Å². The van der Waals surface area contributed by atoms with Gasteiger partial charge in [-0.2, -0.15) is 0 Å². The Morgan fingerprint density at radius 3 is 2.71 bits per heavy atom. The molecule has 2 aromatic heterocycles. The van der Waals surface area contributed by atoms with Gasteiger partial charge in [-0.05, 0) is 6.92 Å². The normalized spacial score (nSPS) is 26.8. The Morgan fingerprint density at radius 2 is 2.04 bits per heavy atom. The van der Waals surface area contributed by atoms with E-state index in [9.17, 15) is 19.8 Å². The van der Waals surface area contributed by atoms with E-state index in [1.54, 1.807) is 6.92 Å². The topological polar surface area (TPSA) is 155 Å². The molecule has 0 aromatic carbocycles. The minimum Gasteiger partial charge on any atom is -0.394 e. The molecule has 1 aliphatic rings. The van der Waals surface area contributed by atoms with Gasteiger partial charge in [0.05, 0.1) is 19.3 Å². The molecule has 1 fully saturated rings. The van der Waals surface area contributed by atoms with Crippen LogP contribution in [0.5, 0.6) is 0 Å². The van der Waals surface area contributed by atoms with Crippen LogP contribution in [0, 0.1) is 6.92 Å². The van der Waals surface area contributed by atoms with Crippen LogP contribution in [0.4, 0.5) is 0 Å². The average molecular weight is 339 g/mol. The molecule has 130 valence electrons. The molecule has 24 heavy (non-hydrogen) atoms. The lowest BCUT2D eigenvalue weighted by molar-refractivity contribution is -0.0594. The van der Waals surface area contributed by atoms with Crippen LogP contribution in [0.3, 0.4) is 0 Å². The fourth-order valence-corrected chi connectivity index (χ4v) is 2.52. The highest BCUT2D eigenvalue weighted by atomic mass is 16.6. The number of H-pyrrole nitrogens is 1. The molecule has 0 saturated carbocycles. The second-order valence-corrected chi connectivity index (χ2v) is 5.62. The highest BCUT2D eigenvalue weighted by molar-refractivity contribution is 5.04. The molecule has 4 atom stereocenters. The molecule has 3 rings (SSSR count). The van der Waals surface area contributed by atoms with E-state index in [1.165, 1.54) is 21.6 Å². The zero-order valence-electron chi connectivity index (χ0n) is 12.7. The number of nitrogens with one attached hydrogen (secondary N) is 1. The summed E-state index contributed by atoms with van der Waals surface area (Å²) in [5.74, 6) is 0. The molecule has 4 N–H and O–H groups in total. The van der Waals surface area contributed by atoms with E-state index in [0.717, 1.165) is 0 Å². The number of aromatic nitrogens is 5. The summed E-state index contributed by atoms with van der Waals surface area (Å²) in [4.78, 5) is 25.3. The summed E-state index contributed by atoms with van der Waals surface area (Å²) in [6.45, 7) is 1.19. The van der Waals surface area contributed by atoms with E-state index in [1.807, 2.05) is 0 Å². The van der Waals surface area contributed by atoms with Crippen LogP contribution in [-0.2, 0) is 11.3 Å². The van der Waals surface area contributed by atoms with Gasteiger partial charge in [-0.3, -0.25) is 14.3 Å². The summed E-state index contributed by atoms with van der Waals surface area (Å²) in [5, 5.41) is 36.5. The first kappa shape index (κ1) is 16.5. The molecule has 1 saturated heterocycles. The lowest BCUT2D eigenvalue weighted by Gasteiger charge is -2.13. The lowest BCUT2D eigenvalue weighted by atomic mass is 10.1. The highest BCUT2D eigenvalue weighted by Crippen LogP contribution is 2.28. The second-order valence-electron chi connectivity index (χ2n) is 5.62. The number of rotatable bonds is 4. The Bertz CT molecular complexity index is 842. The lowest BCUT2D eigenvalue weighted by Crippen LogP contribution is -2.33. The van der Waals surface area contributed by atoms with Gasteiger partial charge in [0.1, 0.15) is 24.0 Å². The molecule has 0 bridgehead atoms. The molecule has 2 aromatic rings. The quantitative estimate of drug-likeness (QED) is 0.462. The van der Waals surface area contributed by atoms with Crippen LogP contribution >= 0.6 is 0 Å². The van der Waals surface area contributed by atoms with E-state index in [-0.39, 0.29) is 6.54 Å². The van der Waals surface area contributed by atoms with Crippen molar-refractivity contribution in [3.05, 3.63) is 44.5 Å². The predicted octanol–water partition coefficient (Wildman–Crippen LogP) is -2.90. The Labute approximate surface area is 134 Å². The molecular weight excluding hydrogens is 322 g/mol. The second kappa shape index (κ2) is 6.28. The van der Waals surface area contributed by atoms with Crippen LogP contribution in [0.25, 0.3) is 0 Å². The number of aliphatic hydroxyl groups is 3. The third-order valence-electron chi connectivity index (χ3n) is 3.86. The monoisotopic (exact) mass is 339 g/mol. The van der Waals surface area contributed by atoms with Crippen molar-refractivity contribution in [3.8, 4) is 0 Å². The number of ether oxygens (including phenoxy) is 1. The molecule has 0 unspecified atom stereocenters. The number of aryl methyl sites for hydroxylation is 1. The van der Waals surface area contributed by atoms with Crippen molar-refractivity contribution in [2.45, 2.75) is 38.0 Å². The zero-order valence-corrected chi connectivity index (χ0v) is 12.7. The van der Waals surface area contributed by atoms with E-state index >= 15 is 0 Å². The number of nitrogens with zero attached hydrogens (tertiary/aromatic N) is 4. The summed E-state index contributed by atoms with van der Waals surface area (Å²) in [5.41, 5.74) is -0.258. The molecule has 11 heteroatoms. The smallest absolute Gasteiger partial charge is 0.328 e. The highest BCUT2D eigenvalue weighted by Gasteiger charge is 2.43. The first-order valence-corrected chi connectivity index (χ1v) is 7.24. The van der Waals surface area contributed by atoms with Crippen LogP contribution in [-0.4, -0.2) is 64.8 Å². The van der Waals surface area contributed by atoms with Crippen molar-refractivity contribution >= 4 is 0 Å². The molecule has 0 amide bonds. The Hall–Kier alpha value is -2.34. The maximum absolute atomic E-state index is 11.8. The van der Waals surface area contributed by atoms with Crippen molar-refractivity contribution in [1.29, 1.82) is 0 Å². The van der Waals surface area contributed by atoms with Gasteiger partial charge in [0, 0.05) is 11.8 Å². The molecule has 3 heterocycles. The number of hydrogen-bond donors (Lipinski definition) is 4. The van der Waals surface area contributed by atoms with E-state index in [4.69, 9.17) is 9.84 Å². The van der Waals surface area contributed by atoms with Gasteiger partial charge in [-0.25, -0.2) is 9.48 Å². The van der Waals surface area contributed by atoms with Gasteiger partial charge < -0.3 is 20.1 Å². The van der Waals surface area contributed by atoms with Crippen molar-refractivity contribution in [2.24, 2.45) is 0 Å². The van der Waals surface area contributed by atoms with E-state index in [0.29, 0.717) is 11.3 Å². The van der Waals surface area contributed by atoms with Crippen molar-refractivity contribution in [3.63, 3.8) is 0 Å². The Morgan fingerprint density at radius 1 is 1.29 bits per heavy atom. The van der Waals surface area contributed by atoms with Crippen molar-refractivity contribution < 1.29 is 20.1 Å². The van der Waals surface area contributed by atoms with E-state index in [2.05, 4.69) is 15.3 Å². The summed E-state index contributed by atoms with van der Waals surface area (Å²) in [6, 6.07) is 0. The standard InChI is InChI=1S/C13H17N5O6/c1-6-2-17(13(23)14-11(6)22)3-7-4-18(16-15-7)12-10(21)9(20)8(5-19)24-12/h2,4,8-10,12,19-21H,3,5H2,1H3,(H,14,22,23)/t8-,9-,10-,12-/m1/s1. The molecule has 1 aliphatic heterocycles. The summed E-state index contributed by atoms with van der Waals surface area (Å²) in [7, 11) is 0. The maximum Gasteiger partial charge on any atom is 0.328 e. The number of hydrogen-bond acceptors (Lipinski definition) is 8. The maximum atomic E-state index is 11.8. The fraction of sp³-hybridized carbons (Fsp3) is 0.538. The minimum atomic E-state index is -1.27. The SMILES string of the molecule is Cc1cn(Cc2cn([C@@H]3O[C@H](CO)[C@@H](O)[C@H]3O)nn2)c(=O)[nH]c1=O. The average Bonchev–Trinajstić information content (AvgIpc) is 3.11. The van der Waals surface area contributed by atoms with Gasteiger partial charge in [-0.15, -0.1) is 5.10 Å². The van der Waals surface area contributed by atoms with Gasteiger partial charge in [-0.1, -0.05) is 5.21 Å². The number of aromatic amines is 1. The fourth-order valence-electron chi connectivity index (χ4n) is 2.52. The predicted molar refractivity (Wildman–Crippen MR) is 78.2 cm³/mol. The van der Waals surface area contributed by atoms with Crippen molar-refractivity contribution in [1.82, 2.24) is 24.5 Å². The summed E-state index contributed by atoms with van der Waals surface area (Å²) < 4.78 is 7.81. The molecular formula is C13H17N5O6. The molecule has 0 radical (unpaired) electrons. The summed E-state index contributed by atoms with van der Waals surface area (Å²) >= 11 is 0. The van der Waals surface area contributed by atoms with Crippen LogP contribution in [0.1, 0.15) is 17.5 Å². The molecule has 0 aliphatic carbocycles. The Balaban J connectivity index is 1.81. The molecule has 0 spiro atoms. The Kier molecular flexibility index (Phi) is 4.32. The molecule has 11 nitrogen and oxygen atoms in total.